The van der Waals surface area contributed by atoms with Gasteiger partial charge in [0.2, 0.25) is 5.91 Å². The number of benzene rings is 2. The second-order valence-electron chi connectivity index (χ2n) is 6.59. The predicted molar refractivity (Wildman–Crippen MR) is 110 cm³/mol. The summed E-state index contributed by atoms with van der Waals surface area (Å²) >= 11 is 0.811. The predicted octanol–water partition coefficient (Wildman–Crippen LogP) is 3.44. The Morgan fingerprint density at radius 1 is 1.10 bits per heavy atom. The van der Waals surface area contributed by atoms with Gasteiger partial charge in [0, 0.05) is 5.69 Å². The zero-order valence-corrected chi connectivity index (χ0v) is 16.5. The molecule has 148 valence electrons. The van der Waals surface area contributed by atoms with Crippen molar-refractivity contribution >= 4 is 40.6 Å². The highest BCUT2D eigenvalue weighted by Crippen LogP contribution is 2.35. The van der Waals surface area contributed by atoms with Crippen LogP contribution in [0.1, 0.15) is 11.1 Å². The average molecular weight is 410 g/mol. The van der Waals surface area contributed by atoms with Crippen LogP contribution < -0.4 is 14.8 Å². The Kier molecular flexibility index (Phi) is 5.26. The van der Waals surface area contributed by atoms with Gasteiger partial charge in [0.05, 0.1) is 4.91 Å². The first kappa shape index (κ1) is 19.1. The van der Waals surface area contributed by atoms with Crippen LogP contribution in [-0.2, 0) is 9.59 Å². The Hall–Kier alpha value is -3.26. The number of hydrogen-bond acceptors (Lipinski definition) is 6. The molecule has 1 N–H and O–H groups in total. The van der Waals surface area contributed by atoms with Crippen LogP contribution >= 0.6 is 11.8 Å². The third kappa shape index (κ3) is 4.27. The number of carbonyl (C=O) groups excluding carboxylic acids is 3. The van der Waals surface area contributed by atoms with Gasteiger partial charge in [0.15, 0.2) is 11.5 Å². The second kappa shape index (κ2) is 8.00. The lowest BCUT2D eigenvalue weighted by Crippen LogP contribution is -2.36. The van der Waals surface area contributed by atoms with Crippen molar-refractivity contribution in [2.75, 3.05) is 25.1 Å². The zero-order valence-electron chi connectivity index (χ0n) is 15.6. The molecule has 3 amide bonds. The summed E-state index contributed by atoms with van der Waals surface area (Å²) in [6, 6.07) is 12.6. The van der Waals surface area contributed by atoms with Crippen LogP contribution in [0.15, 0.2) is 47.4 Å². The molecular formula is C21H18N2O5S. The molecule has 0 radical (unpaired) electrons. The number of carbonyl (C=O) groups is 3. The first-order valence-corrected chi connectivity index (χ1v) is 9.83. The van der Waals surface area contributed by atoms with E-state index in [4.69, 9.17) is 9.47 Å². The van der Waals surface area contributed by atoms with E-state index >= 15 is 0 Å². The molecule has 2 aliphatic rings. The molecule has 0 aliphatic carbocycles. The number of ether oxygens (including phenoxy) is 2. The van der Waals surface area contributed by atoms with E-state index in [-0.39, 0.29) is 11.4 Å². The second-order valence-corrected chi connectivity index (χ2v) is 7.58. The van der Waals surface area contributed by atoms with E-state index in [0.717, 1.165) is 22.2 Å². The quantitative estimate of drug-likeness (QED) is 0.778. The zero-order chi connectivity index (χ0) is 20.4. The van der Waals surface area contributed by atoms with E-state index in [0.29, 0.717) is 36.0 Å². The molecule has 1 saturated heterocycles. The van der Waals surface area contributed by atoms with Crippen molar-refractivity contribution in [1.29, 1.82) is 0 Å². The molecule has 2 aromatic carbocycles. The van der Waals surface area contributed by atoms with Crippen molar-refractivity contribution in [1.82, 2.24) is 4.90 Å². The summed E-state index contributed by atoms with van der Waals surface area (Å²) in [5.41, 5.74) is 2.39. The molecule has 0 bridgehead atoms. The molecule has 2 heterocycles. The molecule has 2 aromatic rings. The molecule has 7 nitrogen and oxygen atoms in total. The molecule has 29 heavy (non-hydrogen) atoms. The number of amides is 3. The summed E-state index contributed by atoms with van der Waals surface area (Å²) < 4.78 is 11.0. The van der Waals surface area contributed by atoms with Crippen molar-refractivity contribution in [2.45, 2.75) is 6.92 Å². The third-order valence-corrected chi connectivity index (χ3v) is 5.28. The van der Waals surface area contributed by atoms with Gasteiger partial charge in [-0.15, -0.1) is 0 Å². The Bertz CT molecular complexity index is 1020. The largest absolute Gasteiger partial charge is 0.486 e. The standard InChI is InChI=1S/C21H18N2O5S/c1-13-2-5-15(6-3-13)22-19(24)12-23-20(25)18(29-21(23)26)11-14-4-7-16-17(10-14)28-9-8-27-16/h2-7,10-11H,8-9,12H2,1H3,(H,22,24)/b18-11-. The molecule has 2 aliphatic heterocycles. The summed E-state index contributed by atoms with van der Waals surface area (Å²) in [6.07, 6.45) is 1.61. The van der Waals surface area contributed by atoms with Crippen LogP contribution in [-0.4, -0.2) is 41.7 Å². The molecule has 0 saturated carbocycles. The third-order valence-electron chi connectivity index (χ3n) is 4.37. The molecule has 0 spiro atoms. The van der Waals surface area contributed by atoms with Crippen LogP contribution in [0.4, 0.5) is 10.5 Å². The Labute approximate surface area is 171 Å². The first-order valence-electron chi connectivity index (χ1n) is 9.01. The Balaban J connectivity index is 1.45. The van der Waals surface area contributed by atoms with Crippen LogP contribution in [0.25, 0.3) is 6.08 Å². The molecule has 4 rings (SSSR count). The Morgan fingerprint density at radius 3 is 2.59 bits per heavy atom. The first-order chi connectivity index (χ1) is 14.0. The highest BCUT2D eigenvalue weighted by Gasteiger charge is 2.36. The fourth-order valence-electron chi connectivity index (χ4n) is 2.92. The minimum absolute atomic E-state index is 0.259. The lowest BCUT2D eigenvalue weighted by atomic mass is 10.1. The van der Waals surface area contributed by atoms with Crippen molar-refractivity contribution in [3.05, 3.63) is 58.5 Å². The van der Waals surface area contributed by atoms with Gasteiger partial charge in [-0.05, 0) is 54.6 Å². The number of hydrogen-bond donors (Lipinski definition) is 1. The van der Waals surface area contributed by atoms with Gasteiger partial charge < -0.3 is 14.8 Å². The van der Waals surface area contributed by atoms with E-state index in [1.165, 1.54) is 0 Å². The fourth-order valence-corrected chi connectivity index (χ4v) is 3.76. The van der Waals surface area contributed by atoms with Crippen LogP contribution in [0, 0.1) is 6.92 Å². The smallest absolute Gasteiger partial charge is 0.294 e. The summed E-state index contributed by atoms with van der Waals surface area (Å²) in [7, 11) is 0. The summed E-state index contributed by atoms with van der Waals surface area (Å²) in [5.74, 6) is 0.321. The molecule has 1 fully saturated rings. The molecular weight excluding hydrogens is 392 g/mol. The molecule has 0 atom stereocenters. The summed E-state index contributed by atoms with van der Waals surface area (Å²) in [4.78, 5) is 38.3. The van der Waals surface area contributed by atoms with E-state index in [1.807, 2.05) is 19.1 Å². The number of fused-ring (bicyclic) bond motifs is 1. The number of rotatable bonds is 4. The minimum Gasteiger partial charge on any atom is -0.486 e. The number of nitrogens with zero attached hydrogens (tertiary/aromatic N) is 1. The maximum atomic E-state index is 12.6. The SMILES string of the molecule is Cc1ccc(NC(=O)CN2C(=O)S/C(=C\c3ccc4c(c3)OCCO4)C2=O)cc1. The van der Waals surface area contributed by atoms with Crippen molar-refractivity contribution in [3.8, 4) is 11.5 Å². The average Bonchev–Trinajstić information content (AvgIpc) is 2.97. The van der Waals surface area contributed by atoms with Gasteiger partial charge in [0.1, 0.15) is 19.8 Å². The maximum Gasteiger partial charge on any atom is 0.294 e. The summed E-state index contributed by atoms with van der Waals surface area (Å²) in [5, 5.41) is 2.22. The minimum atomic E-state index is -0.492. The normalized spacial score (nSPS) is 17.0. The van der Waals surface area contributed by atoms with Crippen LogP contribution in [0.2, 0.25) is 0 Å². The van der Waals surface area contributed by atoms with Gasteiger partial charge in [-0.1, -0.05) is 23.8 Å². The highest BCUT2D eigenvalue weighted by molar-refractivity contribution is 8.18. The molecule has 0 aromatic heterocycles. The molecule has 0 unspecified atom stereocenters. The van der Waals surface area contributed by atoms with Crippen molar-refractivity contribution < 1.29 is 23.9 Å². The van der Waals surface area contributed by atoms with Gasteiger partial charge >= 0.3 is 0 Å². The fraction of sp³-hybridized carbons (Fsp3) is 0.190. The van der Waals surface area contributed by atoms with Gasteiger partial charge in [-0.25, -0.2) is 0 Å². The number of anilines is 1. The monoisotopic (exact) mass is 410 g/mol. The highest BCUT2D eigenvalue weighted by atomic mass is 32.2. The van der Waals surface area contributed by atoms with Crippen molar-refractivity contribution in [3.63, 3.8) is 0 Å². The van der Waals surface area contributed by atoms with Gasteiger partial charge in [-0.3, -0.25) is 19.3 Å². The molecule has 8 heteroatoms. The van der Waals surface area contributed by atoms with E-state index in [1.54, 1.807) is 36.4 Å². The van der Waals surface area contributed by atoms with Crippen molar-refractivity contribution in [2.24, 2.45) is 0 Å². The number of aryl methyl sites for hydroxylation is 1. The van der Waals surface area contributed by atoms with E-state index < -0.39 is 17.1 Å². The lowest BCUT2D eigenvalue weighted by molar-refractivity contribution is -0.127. The number of imide groups is 1. The van der Waals surface area contributed by atoms with E-state index in [2.05, 4.69) is 5.32 Å². The maximum absolute atomic E-state index is 12.6. The number of nitrogens with one attached hydrogen (secondary N) is 1. The van der Waals surface area contributed by atoms with Crippen LogP contribution in [0.5, 0.6) is 11.5 Å². The Morgan fingerprint density at radius 2 is 1.83 bits per heavy atom. The van der Waals surface area contributed by atoms with Crippen LogP contribution in [0.3, 0.4) is 0 Å². The van der Waals surface area contributed by atoms with E-state index in [9.17, 15) is 14.4 Å². The lowest BCUT2D eigenvalue weighted by Gasteiger charge is -2.18. The topological polar surface area (TPSA) is 84.9 Å². The van der Waals surface area contributed by atoms with Gasteiger partial charge in [-0.2, -0.15) is 0 Å². The number of thioether (sulfide) groups is 1. The summed E-state index contributed by atoms with van der Waals surface area (Å²) in [6.45, 7) is 2.57. The van der Waals surface area contributed by atoms with Gasteiger partial charge in [0.25, 0.3) is 11.1 Å².